The molecule has 0 atom stereocenters. The lowest BCUT2D eigenvalue weighted by Crippen LogP contribution is -2.14. The minimum absolute atomic E-state index is 0.0528. The topological polar surface area (TPSA) is 94.3 Å². The van der Waals surface area contributed by atoms with Crippen molar-refractivity contribution >= 4 is 17.4 Å². The molecule has 0 aliphatic rings. The Morgan fingerprint density at radius 3 is 2.77 bits per heavy atom. The van der Waals surface area contributed by atoms with Gasteiger partial charge in [0, 0.05) is 17.5 Å². The number of rotatable bonds is 3. The van der Waals surface area contributed by atoms with Crippen LogP contribution in [-0.2, 0) is 0 Å². The number of carbonyl (C=O) groups is 1. The Bertz CT molecular complexity index is 840. The van der Waals surface area contributed by atoms with Crippen LogP contribution in [0.25, 0.3) is 5.78 Å². The average Bonchev–Trinajstić information content (AvgIpc) is 2.92. The summed E-state index contributed by atoms with van der Waals surface area (Å²) in [6.07, 6.45) is 1.50. The fourth-order valence-electron chi connectivity index (χ4n) is 2.02. The SMILES string of the molecule is COc1ccc(NC(=O)c2nc3nc(C)cc(C)n3n2)cn1. The van der Waals surface area contributed by atoms with E-state index in [4.69, 9.17) is 4.74 Å². The van der Waals surface area contributed by atoms with E-state index in [1.807, 2.05) is 19.9 Å². The van der Waals surface area contributed by atoms with Crippen molar-refractivity contribution in [3.63, 3.8) is 0 Å². The maximum absolute atomic E-state index is 12.2. The standard InChI is InChI=1S/C14H14N6O2/c1-8-6-9(2)20-14(16-8)18-12(19-20)13(21)17-10-4-5-11(22-3)15-7-10/h4-7H,1-3H3,(H,17,21). The molecular weight excluding hydrogens is 284 g/mol. The van der Waals surface area contributed by atoms with Gasteiger partial charge >= 0.3 is 0 Å². The minimum Gasteiger partial charge on any atom is -0.481 e. The number of hydrogen-bond acceptors (Lipinski definition) is 6. The number of aryl methyl sites for hydroxylation is 2. The summed E-state index contributed by atoms with van der Waals surface area (Å²) in [6, 6.07) is 5.21. The quantitative estimate of drug-likeness (QED) is 0.785. The van der Waals surface area contributed by atoms with Crippen molar-refractivity contribution in [3.05, 3.63) is 41.6 Å². The van der Waals surface area contributed by atoms with E-state index >= 15 is 0 Å². The van der Waals surface area contributed by atoms with Gasteiger partial charge in [0.25, 0.3) is 11.7 Å². The first-order chi connectivity index (χ1) is 10.6. The Labute approximate surface area is 126 Å². The molecule has 0 radical (unpaired) electrons. The van der Waals surface area contributed by atoms with E-state index in [1.165, 1.54) is 17.8 Å². The summed E-state index contributed by atoms with van der Waals surface area (Å²) in [6.45, 7) is 3.75. The van der Waals surface area contributed by atoms with Crippen LogP contribution in [-0.4, -0.2) is 37.6 Å². The molecular formula is C14H14N6O2. The molecule has 3 aromatic rings. The van der Waals surface area contributed by atoms with Gasteiger partial charge in [-0.25, -0.2) is 14.5 Å². The zero-order valence-corrected chi connectivity index (χ0v) is 12.4. The normalized spacial score (nSPS) is 10.7. The number of hydrogen-bond donors (Lipinski definition) is 1. The number of anilines is 1. The average molecular weight is 298 g/mol. The molecule has 0 aromatic carbocycles. The molecule has 112 valence electrons. The second kappa shape index (κ2) is 5.40. The highest BCUT2D eigenvalue weighted by Gasteiger charge is 2.15. The van der Waals surface area contributed by atoms with E-state index in [1.54, 1.807) is 12.1 Å². The van der Waals surface area contributed by atoms with Gasteiger partial charge in [0.2, 0.25) is 11.7 Å². The highest BCUT2D eigenvalue weighted by atomic mass is 16.5. The van der Waals surface area contributed by atoms with Crippen molar-refractivity contribution in [2.75, 3.05) is 12.4 Å². The summed E-state index contributed by atoms with van der Waals surface area (Å²) >= 11 is 0. The molecule has 1 N–H and O–H groups in total. The maximum Gasteiger partial charge on any atom is 0.295 e. The van der Waals surface area contributed by atoms with E-state index in [-0.39, 0.29) is 5.82 Å². The minimum atomic E-state index is -0.422. The first-order valence-corrected chi connectivity index (χ1v) is 6.59. The molecule has 0 aliphatic carbocycles. The van der Waals surface area contributed by atoms with Crippen LogP contribution >= 0.6 is 0 Å². The third-order valence-electron chi connectivity index (χ3n) is 3.02. The molecule has 8 heteroatoms. The number of ether oxygens (including phenoxy) is 1. The smallest absolute Gasteiger partial charge is 0.295 e. The summed E-state index contributed by atoms with van der Waals surface area (Å²) in [7, 11) is 1.53. The van der Waals surface area contributed by atoms with Gasteiger partial charge in [0.15, 0.2) is 0 Å². The van der Waals surface area contributed by atoms with Crippen molar-refractivity contribution < 1.29 is 9.53 Å². The summed E-state index contributed by atoms with van der Waals surface area (Å²) in [5.74, 6) is 0.501. The zero-order chi connectivity index (χ0) is 15.7. The van der Waals surface area contributed by atoms with Gasteiger partial charge < -0.3 is 10.1 Å². The van der Waals surface area contributed by atoms with Gasteiger partial charge in [-0.15, -0.1) is 5.10 Å². The first kappa shape index (κ1) is 13.9. The van der Waals surface area contributed by atoms with Crippen LogP contribution in [0.1, 0.15) is 22.0 Å². The van der Waals surface area contributed by atoms with Gasteiger partial charge in [0.1, 0.15) is 0 Å². The zero-order valence-electron chi connectivity index (χ0n) is 12.4. The number of pyridine rings is 1. The van der Waals surface area contributed by atoms with Crippen molar-refractivity contribution in [1.82, 2.24) is 24.6 Å². The number of carbonyl (C=O) groups excluding carboxylic acids is 1. The van der Waals surface area contributed by atoms with Crippen LogP contribution in [0.5, 0.6) is 5.88 Å². The predicted molar refractivity (Wildman–Crippen MR) is 79.0 cm³/mol. The van der Waals surface area contributed by atoms with Crippen molar-refractivity contribution in [3.8, 4) is 5.88 Å². The molecule has 0 aliphatic heterocycles. The lowest BCUT2D eigenvalue weighted by molar-refractivity contribution is 0.101. The van der Waals surface area contributed by atoms with Gasteiger partial charge in [-0.3, -0.25) is 4.79 Å². The lowest BCUT2D eigenvalue weighted by Gasteiger charge is -2.02. The summed E-state index contributed by atoms with van der Waals surface area (Å²) in [5, 5.41) is 6.85. The summed E-state index contributed by atoms with van der Waals surface area (Å²) in [5.41, 5.74) is 2.22. The third kappa shape index (κ3) is 2.58. The van der Waals surface area contributed by atoms with E-state index in [9.17, 15) is 4.79 Å². The molecule has 22 heavy (non-hydrogen) atoms. The molecule has 0 spiro atoms. The fraction of sp³-hybridized carbons (Fsp3) is 0.214. The number of methoxy groups -OCH3 is 1. The lowest BCUT2D eigenvalue weighted by atomic mass is 10.4. The van der Waals surface area contributed by atoms with E-state index < -0.39 is 5.91 Å². The Morgan fingerprint density at radius 2 is 2.09 bits per heavy atom. The van der Waals surface area contributed by atoms with E-state index in [2.05, 4.69) is 25.4 Å². The Kier molecular flexibility index (Phi) is 3.42. The van der Waals surface area contributed by atoms with Gasteiger partial charge in [0.05, 0.1) is 19.0 Å². The molecule has 0 unspecified atom stereocenters. The van der Waals surface area contributed by atoms with Gasteiger partial charge in [-0.05, 0) is 26.0 Å². The van der Waals surface area contributed by atoms with E-state index in [0.717, 1.165) is 11.4 Å². The molecule has 0 saturated heterocycles. The third-order valence-corrected chi connectivity index (χ3v) is 3.02. The number of aromatic nitrogens is 5. The Morgan fingerprint density at radius 1 is 1.27 bits per heavy atom. The maximum atomic E-state index is 12.2. The fourth-order valence-corrected chi connectivity index (χ4v) is 2.02. The number of fused-ring (bicyclic) bond motifs is 1. The van der Waals surface area contributed by atoms with Crippen molar-refractivity contribution in [2.24, 2.45) is 0 Å². The molecule has 3 heterocycles. The Hall–Kier alpha value is -3.03. The van der Waals surface area contributed by atoms with Crippen LogP contribution in [0.4, 0.5) is 5.69 Å². The number of nitrogens with one attached hydrogen (secondary N) is 1. The number of nitrogens with zero attached hydrogens (tertiary/aromatic N) is 5. The summed E-state index contributed by atoms with van der Waals surface area (Å²) < 4.78 is 6.50. The van der Waals surface area contributed by atoms with Crippen LogP contribution in [0.2, 0.25) is 0 Å². The second-order valence-corrected chi connectivity index (χ2v) is 4.73. The van der Waals surface area contributed by atoms with Crippen molar-refractivity contribution in [1.29, 1.82) is 0 Å². The summed E-state index contributed by atoms with van der Waals surface area (Å²) in [4.78, 5) is 24.6. The number of amides is 1. The van der Waals surface area contributed by atoms with Gasteiger partial charge in [-0.2, -0.15) is 4.98 Å². The largest absolute Gasteiger partial charge is 0.481 e. The predicted octanol–water partition coefficient (Wildman–Crippen LogP) is 1.40. The monoisotopic (exact) mass is 298 g/mol. The van der Waals surface area contributed by atoms with E-state index in [0.29, 0.717) is 17.3 Å². The highest BCUT2D eigenvalue weighted by Crippen LogP contribution is 2.12. The molecule has 8 nitrogen and oxygen atoms in total. The molecule has 0 fully saturated rings. The molecule has 3 rings (SSSR count). The van der Waals surface area contributed by atoms with Crippen LogP contribution in [0.15, 0.2) is 24.4 Å². The molecule has 0 saturated carbocycles. The van der Waals surface area contributed by atoms with Crippen LogP contribution in [0, 0.1) is 13.8 Å². The van der Waals surface area contributed by atoms with Crippen LogP contribution in [0.3, 0.4) is 0 Å². The van der Waals surface area contributed by atoms with Crippen molar-refractivity contribution in [2.45, 2.75) is 13.8 Å². The molecule has 1 amide bonds. The molecule has 0 bridgehead atoms. The van der Waals surface area contributed by atoms with Gasteiger partial charge in [-0.1, -0.05) is 0 Å². The highest BCUT2D eigenvalue weighted by molar-refractivity contribution is 6.01. The van der Waals surface area contributed by atoms with Crippen LogP contribution < -0.4 is 10.1 Å². The first-order valence-electron chi connectivity index (χ1n) is 6.59. The molecule has 3 aromatic heterocycles. The Balaban J connectivity index is 1.86. The second-order valence-electron chi connectivity index (χ2n) is 4.73.